The van der Waals surface area contributed by atoms with Gasteiger partial charge in [0.2, 0.25) is 0 Å². The van der Waals surface area contributed by atoms with Crippen LogP contribution >= 0.6 is 0 Å². The van der Waals surface area contributed by atoms with Crippen molar-refractivity contribution in [2.75, 3.05) is 0 Å². The van der Waals surface area contributed by atoms with Crippen LogP contribution in [0.1, 0.15) is 119 Å². The molecule has 4 aliphatic carbocycles. The smallest absolute Gasteiger partial charge is 0.0546 e. The van der Waals surface area contributed by atoms with Crippen molar-refractivity contribution in [2.45, 2.75) is 131 Å². The lowest BCUT2D eigenvalue weighted by atomic mass is 9.39. The third-order valence-corrected chi connectivity index (χ3v) is 12.3. The Morgan fingerprint density at radius 3 is 2.32 bits per heavy atom. The predicted octanol–water partition coefficient (Wildman–Crippen LogP) is 7.22. The molecule has 2 heteroatoms. The maximum Gasteiger partial charge on any atom is 0.0546 e. The molecule has 31 heavy (non-hydrogen) atoms. The zero-order valence-electron chi connectivity index (χ0n) is 21.5. The van der Waals surface area contributed by atoms with E-state index < -0.39 is 0 Å². The lowest BCUT2D eigenvalue weighted by Gasteiger charge is -2.66. The van der Waals surface area contributed by atoms with Crippen LogP contribution in [-0.2, 0) is 0 Å². The lowest BCUT2D eigenvalue weighted by molar-refractivity contribution is -0.179. The second-order valence-corrected chi connectivity index (χ2v) is 13.5. The molecule has 0 aromatic rings. The van der Waals surface area contributed by atoms with E-state index in [0.717, 1.165) is 43.4 Å². The molecule has 4 fully saturated rings. The Hall–Kier alpha value is -0.0800. The first kappa shape index (κ1) is 24.1. The van der Waals surface area contributed by atoms with Gasteiger partial charge in [-0.05, 0) is 129 Å². The first-order valence-corrected chi connectivity index (χ1v) is 13.9. The van der Waals surface area contributed by atoms with E-state index in [0.29, 0.717) is 34.0 Å². The highest BCUT2D eigenvalue weighted by Crippen LogP contribution is 2.71. The molecular weight excluding hydrogens is 380 g/mol. The maximum absolute atomic E-state index is 10.9. The third kappa shape index (κ3) is 3.84. The van der Waals surface area contributed by atoms with Crippen LogP contribution in [-0.4, -0.2) is 22.4 Å². The van der Waals surface area contributed by atoms with E-state index in [9.17, 15) is 10.2 Å². The number of rotatable bonds is 6. The summed E-state index contributed by atoms with van der Waals surface area (Å²) in [7, 11) is 0. The fourth-order valence-corrected chi connectivity index (χ4v) is 9.76. The SMILES string of the molecule is CC[C@@]12CCC3C4CCC(C[C@@H](O)C[C@@H](C)C(C)C)[C@@]4(C)CCC3[C@@]1(C)CC[C@H](O)C2. The Labute approximate surface area is 193 Å². The van der Waals surface area contributed by atoms with E-state index in [1.54, 1.807) is 0 Å². The van der Waals surface area contributed by atoms with E-state index in [-0.39, 0.29) is 12.2 Å². The molecule has 0 aromatic carbocycles. The molecule has 0 bridgehead atoms. The fourth-order valence-electron chi connectivity index (χ4n) is 9.76. The van der Waals surface area contributed by atoms with Crippen molar-refractivity contribution in [3.8, 4) is 0 Å². The molecule has 0 amide bonds. The number of hydrogen-bond acceptors (Lipinski definition) is 2. The first-order chi connectivity index (χ1) is 14.6. The highest BCUT2D eigenvalue weighted by Gasteiger charge is 2.63. The van der Waals surface area contributed by atoms with Crippen LogP contribution in [0.3, 0.4) is 0 Å². The van der Waals surface area contributed by atoms with Crippen LogP contribution in [0, 0.1) is 51.8 Å². The molecule has 0 radical (unpaired) electrons. The summed E-state index contributed by atoms with van der Waals surface area (Å²) in [4.78, 5) is 0. The molecule has 0 aliphatic heterocycles. The lowest BCUT2D eigenvalue weighted by Crippen LogP contribution is -2.59. The topological polar surface area (TPSA) is 40.5 Å². The van der Waals surface area contributed by atoms with Gasteiger partial charge in [-0.15, -0.1) is 0 Å². The predicted molar refractivity (Wildman–Crippen MR) is 130 cm³/mol. The number of fused-ring (bicyclic) bond motifs is 5. The van der Waals surface area contributed by atoms with E-state index >= 15 is 0 Å². The number of aliphatic hydroxyl groups excluding tert-OH is 2. The van der Waals surface area contributed by atoms with Crippen LogP contribution in [0.25, 0.3) is 0 Å². The minimum atomic E-state index is -0.118. The zero-order valence-corrected chi connectivity index (χ0v) is 21.5. The molecule has 4 aliphatic rings. The van der Waals surface area contributed by atoms with Gasteiger partial charge in [0.05, 0.1) is 12.2 Å². The molecule has 0 saturated heterocycles. The van der Waals surface area contributed by atoms with Crippen LogP contribution in [0.5, 0.6) is 0 Å². The second-order valence-electron chi connectivity index (χ2n) is 13.5. The molecular formula is C29H52O2. The largest absolute Gasteiger partial charge is 0.393 e. The maximum atomic E-state index is 10.9. The van der Waals surface area contributed by atoms with Crippen molar-refractivity contribution < 1.29 is 10.2 Å². The normalized spacial score (nSPS) is 49.3. The van der Waals surface area contributed by atoms with Gasteiger partial charge in [0, 0.05) is 0 Å². The van der Waals surface area contributed by atoms with Gasteiger partial charge in [-0.25, -0.2) is 0 Å². The van der Waals surface area contributed by atoms with Crippen LogP contribution in [0.4, 0.5) is 0 Å². The van der Waals surface area contributed by atoms with Gasteiger partial charge < -0.3 is 10.2 Å². The Morgan fingerprint density at radius 1 is 0.903 bits per heavy atom. The molecule has 180 valence electrons. The third-order valence-electron chi connectivity index (χ3n) is 12.3. The summed E-state index contributed by atoms with van der Waals surface area (Å²) in [5.74, 6) is 4.59. The Morgan fingerprint density at radius 2 is 1.65 bits per heavy atom. The van der Waals surface area contributed by atoms with Crippen molar-refractivity contribution >= 4 is 0 Å². The van der Waals surface area contributed by atoms with Gasteiger partial charge in [0.1, 0.15) is 0 Å². The molecule has 0 aromatic heterocycles. The summed E-state index contributed by atoms with van der Waals surface area (Å²) in [5.41, 5.74) is 1.25. The summed E-state index contributed by atoms with van der Waals surface area (Å²) in [6.07, 6.45) is 14.6. The van der Waals surface area contributed by atoms with Crippen molar-refractivity contribution in [3.05, 3.63) is 0 Å². The number of aliphatic hydroxyl groups is 2. The number of hydrogen-bond donors (Lipinski definition) is 2. The second kappa shape index (κ2) is 8.61. The fraction of sp³-hybridized carbons (Fsp3) is 1.00. The standard InChI is InChI=1S/C29H52O2/c1-7-29-15-11-24-25-9-8-21(17-23(31)16-20(4)19(2)3)27(25,5)13-12-26(24)28(29,6)14-10-22(30)18-29/h19-26,30-31H,7-18H2,1-6H3/t20-,21?,22+,23+,24?,25?,26?,27-,28-,29+/m1/s1. The van der Waals surface area contributed by atoms with Crippen LogP contribution in [0.2, 0.25) is 0 Å². The van der Waals surface area contributed by atoms with Gasteiger partial charge in [-0.2, -0.15) is 0 Å². The van der Waals surface area contributed by atoms with Gasteiger partial charge in [0.15, 0.2) is 0 Å². The first-order valence-electron chi connectivity index (χ1n) is 13.9. The molecule has 4 unspecified atom stereocenters. The summed E-state index contributed by atoms with van der Waals surface area (Å²) < 4.78 is 0. The summed E-state index contributed by atoms with van der Waals surface area (Å²) >= 11 is 0. The Balaban J connectivity index is 1.49. The average Bonchev–Trinajstić information content (AvgIpc) is 3.04. The molecule has 4 saturated carbocycles. The van der Waals surface area contributed by atoms with Crippen molar-refractivity contribution in [1.29, 1.82) is 0 Å². The minimum Gasteiger partial charge on any atom is -0.393 e. The Bertz CT molecular complexity index is 630. The van der Waals surface area contributed by atoms with E-state index in [1.165, 1.54) is 51.4 Å². The quantitative estimate of drug-likeness (QED) is 0.465. The molecule has 0 spiro atoms. The highest BCUT2D eigenvalue weighted by molar-refractivity contribution is 5.13. The Kier molecular flexibility index (Phi) is 6.68. The van der Waals surface area contributed by atoms with Gasteiger partial charge in [-0.3, -0.25) is 0 Å². The summed E-state index contributed by atoms with van der Waals surface area (Å²) in [6, 6.07) is 0. The van der Waals surface area contributed by atoms with Crippen LogP contribution < -0.4 is 0 Å². The van der Waals surface area contributed by atoms with E-state index in [2.05, 4.69) is 41.5 Å². The van der Waals surface area contributed by atoms with E-state index in [1.807, 2.05) is 0 Å². The van der Waals surface area contributed by atoms with E-state index in [4.69, 9.17) is 0 Å². The molecule has 10 atom stereocenters. The highest BCUT2D eigenvalue weighted by atomic mass is 16.3. The van der Waals surface area contributed by atoms with Crippen molar-refractivity contribution in [1.82, 2.24) is 0 Å². The summed E-state index contributed by atoms with van der Waals surface area (Å²) in [5, 5.41) is 21.5. The zero-order chi connectivity index (χ0) is 22.6. The van der Waals surface area contributed by atoms with Gasteiger partial charge in [-0.1, -0.05) is 41.5 Å². The van der Waals surface area contributed by atoms with Crippen LogP contribution in [0.15, 0.2) is 0 Å². The molecule has 0 heterocycles. The van der Waals surface area contributed by atoms with Gasteiger partial charge >= 0.3 is 0 Å². The monoisotopic (exact) mass is 432 g/mol. The van der Waals surface area contributed by atoms with Crippen molar-refractivity contribution in [2.24, 2.45) is 51.8 Å². The van der Waals surface area contributed by atoms with Gasteiger partial charge in [0.25, 0.3) is 0 Å². The molecule has 4 rings (SSSR count). The van der Waals surface area contributed by atoms with Crippen molar-refractivity contribution in [3.63, 3.8) is 0 Å². The molecule has 2 nitrogen and oxygen atoms in total. The average molecular weight is 433 g/mol. The summed E-state index contributed by atoms with van der Waals surface area (Å²) in [6.45, 7) is 14.5. The minimum absolute atomic E-state index is 0.0657. The molecule has 2 N–H and O–H groups in total.